The summed E-state index contributed by atoms with van der Waals surface area (Å²) < 4.78 is 10.7. The molecule has 1 N–H and O–H groups in total. The molecular formula is C19H21N3O2S. The van der Waals surface area contributed by atoms with Gasteiger partial charge in [0.1, 0.15) is 23.6 Å². The molecule has 3 rings (SSSR count). The van der Waals surface area contributed by atoms with Gasteiger partial charge in [-0.05, 0) is 31.0 Å². The van der Waals surface area contributed by atoms with Gasteiger partial charge in [0.25, 0.3) is 0 Å². The smallest absolute Gasteiger partial charge is 0.130 e. The first-order chi connectivity index (χ1) is 12.3. The molecule has 5 nitrogen and oxygen atoms in total. The summed E-state index contributed by atoms with van der Waals surface area (Å²) in [5.41, 5.74) is 2.15. The lowest BCUT2D eigenvalue weighted by molar-refractivity contribution is 0.342. The highest BCUT2D eigenvalue weighted by molar-refractivity contribution is 7.13. The molecule has 6 heteroatoms. The summed E-state index contributed by atoms with van der Waals surface area (Å²) in [5, 5.41) is 5.35. The zero-order valence-electron chi connectivity index (χ0n) is 14.4. The van der Waals surface area contributed by atoms with Crippen LogP contribution < -0.4 is 14.8 Å². The molecule has 0 fully saturated rings. The van der Waals surface area contributed by atoms with Crippen LogP contribution in [-0.4, -0.2) is 30.2 Å². The Morgan fingerprint density at radius 1 is 1.08 bits per heavy atom. The zero-order chi connectivity index (χ0) is 17.5. The molecule has 0 spiro atoms. The Morgan fingerprint density at radius 2 is 1.92 bits per heavy atom. The fourth-order valence-electron chi connectivity index (χ4n) is 2.41. The minimum absolute atomic E-state index is 0.665. The van der Waals surface area contributed by atoms with Crippen LogP contribution in [0.2, 0.25) is 0 Å². The molecule has 2 heterocycles. The van der Waals surface area contributed by atoms with Crippen molar-refractivity contribution in [1.82, 2.24) is 9.97 Å². The number of ether oxygens (including phenoxy) is 2. The predicted octanol–water partition coefficient (Wildman–Crippen LogP) is 4.27. The molecule has 1 aromatic carbocycles. The van der Waals surface area contributed by atoms with E-state index in [2.05, 4.69) is 27.4 Å². The molecule has 0 bridgehead atoms. The average Bonchev–Trinajstić information content (AvgIpc) is 3.12. The molecule has 0 amide bonds. The van der Waals surface area contributed by atoms with Gasteiger partial charge >= 0.3 is 0 Å². The molecule has 0 saturated heterocycles. The molecule has 0 radical (unpaired) electrons. The normalized spacial score (nSPS) is 10.5. The van der Waals surface area contributed by atoms with Crippen LogP contribution in [0.1, 0.15) is 12.5 Å². The summed E-state index contributed by atoms with van der Waals surface area (Å²) >= 11 is 1.62. The molecule has 0 aliphatic carbocycles. The van der Waals surface area contributed by atoms with Crippen LogP contribution >= 0.6 is 11.3 Å². The van der Waals surface area contributed by atoms with Crippen LogP contribution in [0.15, 0.2) is 48.1 Å². The molecule has 25 heavy (non-hydrogen) atoms. The van der Waals surface area contributed by atoms with Crippen LogP contribution in [0, 0.1) is 0 Å². The number of nitrogens with one attached hydrogen (secondary N) is 1. The number of methoxy groups -OCH3 is 1. The van der Waals surface area contributed by atoms with Gasteiger partial charge in [-0.25, -0.2) is 9.97 Å². The van der Waals surface area contributed by atoms with E-state index in [0.717, 1.165) is 40.9 Å². The van der Waals surface area contributed by atoms with Gasteiger partial charge < -0.3 is 14.8 Å². The number of aromatic nitrogens is 2. The Hall–Kier alpha value is -2.60. The molecule has 0 aliphatic heterocycles. The monoisotopic (exact) mass is 355 g/mol. The zero-order valence-corrected chi connectivity index (χ0v) is 15.2. The highest BCUT2D eigenvalue weighted by Gasteiger charge is 2.06. The van der Waals surface area contributed by atoms with Crippen LogP contribution in [0.3, 0.4) is 0 Å². The number of nitrogens with zero attached hydrogens (tertiary/aromatic N) is 2. The third kappa shape index (κ3) is 4.70. The SMILES string of the molecule is CCOc1csc(-c2cc(NCCc3ccc(OC)cc3)ncn2)c1. The molecule has 3 aromatic rings. The second-order valence-electron chi connectivity index (χ2n) is 5.39. The van der Waals surface area contributed by atoms with E-state index in [9.17, 15) is 0 Å². The summed E-state index contributed by atoms with van der Waals surface area (Å²) in [6, 6.07) is 12.1. The van der Waals surface area contributed by atoms with Crippen molar-refractivity contribution in [3.8, 4) is 22.1 Å². The predicted molar refractivity (Wildman–Crippen MR) is 102 cm³/mol. The fraction of sp³-hybridized carbons (Fsp3) is 0.263. The summed E-state index contributed by atoms with van der Waals surface area (Å²) in [7, 11) is 1.67. The van der Waals surface area contributed by atoms with E-state index in [1.54, 1.807) is 24.8 Å². The Bertz CT molecular complexity index is 802. The Balaban J connectivity index is 1.59. The van der Waals surface area contributed by atoms with Crippen molar-refractivity contribution in [3.05, 3.63) is 53.7 Å². The summed E-state index contributed by atoms with van der Waals surface area (Å²) in [4.78, 5) is 9.73. The minimum Gasteiger partial charge on any atom is -0.497 e. The van der Waals surface area contributed by atoms with Crippen LogP contribution in [0.4, 0.5) is 5.82 Å². The van der Waals surface area contributed by atoms with Crippen molar-refractivity contribution in [3.63, 3.8) is 0 Å². The third-order valence-electron chi connectivity index (χ3n) is 3.68. The van der Waals surface area contributed by atoms with E-state index in [4.69, 9.17) is 9.47 Å². The van der Waals surface area contributed by atoms with E-state index < -0.39 is 0 Å². The van der Waals surface area contributed by atoms with Crippen LogP contribution in [0.25, 0.3) is 10.6 Å². The lowest BCUT2D eigenvalue weighted by Crippen LogP contribution is -2.06. The van der Waals surface area contributed by atoms with Gasteiger partial charge in [0.15, 0.2) is 0 Å². The number of benzene rings is 1. The van der Waals surface area contributed by atoms with E-state index in [-0.39, 0.29) is 0 Å². The summed E-state index contributed by atoms with van der Waals surface area (Å²) in [6.45, 7) is 3.45. The van der Waals surface area contributed by atoms with Gasteiger partial charge in [0, 0.05) is 24.1 Å². The van der Waals surface area contributed by atoms with E-state index in [1.807, 2.05) is 36.6 Å². The van der Waals surface area contributed by atoms with Crippen molar-refractivity contribution >= 4 is 17.2 Å². The molecule has 130 valence electrons. The summed E-state index contributed by atoms with van der Waals surface area (Å²) in [5.74, 6) is 2.58. The van der Waals surface area contributed by atoms with E-state index in [1.165, 1.54) is 5.56 Å². The van der Waals surface area contributed by atoms with Gasteiger partial charge in [-0.1, -0.05) is 12.1 Å². The summed E-state index contributed by atoms with van der Waals surface area (Å²) in [6.07, 6.45) is 2.50. The second kappa shape index (κ2) is 8.48. The maximum atomic E-state index is 5.51. The van der Waals surface area contributed by atoms with Gasteiger partial charge in [0.2, 0.25) is 0 Å². The van der Waals surface area contributed by atoms with Gasteiger partial charge in [-0.15, -0.1) is 11.3 Å². The van der Waals surface area contributed by atoms with Crippen molar-refractivity contribution in [2.24, 2.45) is 0 Å². The lowest BCUT2D eigenvalue weighted by Gasteiger charge is -2.07. The highest BCUT2D eigenvalue weighted by Crippen LogP contribution is 2.30. The molecule has 0 aliphatic rings. The molecule has 2 aromatic heterocycles. The molecular weight excluding hydrogens is 334 g/mol. The van der Waals surface area contributed by atoms with Crippen molar-refractivity contribution in [2.45, 2.75) is 13.3 Å². The van der Waals surface area contributed by atoms with Gasteiger partial charge in [-0.3, -0.25) is 0 Å². The van der Waals surface area contributed by atoms with Gasteiger partial charge in [-0.2, -0.15) is 0 Å². The number of hydrogen-bond donors (Lipinski definition) is 1. The molecule has 0 saturated carbocycles. The topological polar surface area (TPSA) is 56.3 Å². The van der Waals surface area contributed by atoms with Gasteiger partial charge in [0.05, 0.1) is 24.3 Å². The maximum Gasteiger partial charge on any atom is 0.130 e. The Morgan fingerprint density at radius 3 is 2.68 bits per heavy atom. The second-order valence-corrected chi connectivity index (χ2v) is 6.30. The highest BCUT2D eigenvalue weighted by atomic mass is 32.1. The Kier molecular flexibility index (Phi) is 5.85. The molecule has 0 unspecified atom stereocenters. The van der Waals surface area contributed by atoms with Crippen molar-refractivity contribution < 1.29 is 9.47 Å². The number of rotatable bonds is 8. The molecule has 0 atom stereocenters. The number of anilines is 1. The van der Waals surface area contributed by atoms with E-state index >= 15 is 0 Å². The first-order valence-electron chi connectivity index (χ1n) is 8.19. The first kappa shape index (κ1) is 17.2. The van der Waals surface area contributed by atoms with Crippen molar-refractivity contribution in [1.29, 1.82) is 0 Å². The largest absolute Gasteiger partial charge is 0.497 e. The average molecular weight is 355 g/mol. The quantitative estimate of drug-likeness (QED) is 0.654. The van der Waals surface area contributed by atoms with E-state index in [0.29, 0.717) is 6.61 Å². The fourth-order valence-corrected chi connectivity index (χ4v) is 3.21. The number of hydrogen-bond acceptors (Lipinski definition) is 6. The van der Waals surface area contributed by atoms with Crippen molar-refractivity contribution in [2.75, 3.05) is 25.6 Å². The first-order valence-corrected chi connectivity index (χ1v) is 9.07. The third-order valence-corrected chi connectivity index (χ3v) is 4.62. The van der Waals surface area contributed by atoms with Crippen LogP contribution in [0.5, 0.6) is 11.5 Å². The maximum absolute atomic E-state index is 5.51. The Labute approximate surface area is 151 Å². The minimum atomic E-state index is 0.665. The standard InChI is InChI=1S/C19H21N3O2S/c1-3-24-16-10-18(25-12-16)17-11-19(22-13-21-17)20-9-8-14-4-6-15(23-2)7-5-14/h4-7,10-13H,3,8-9H2,1-2H3,(H,20,21,22). The lowest BCUT2D eigenvalue weighted by atomic mass is 10.1. The van der Waals surface area contributed by atoms with Crippen LogP contribution in [-0.2, 0) is 6.42 Å². The number of thiophene rings is 1.